The predicted molar refractivity (Wildman–Crippen MR) is 139 cm³/mol. The van der Waals surface area contributed by atoms with Gasteiger partial charge in [0, 0.05) is 49.7 Å². The summed E-state index contributed by atoms with van der Waals surface area (Å²) in [6.45, 7) is 11.6. The number of hydrogen-bond acceptors (Lipinski definition) is 5. The van der Waals surface area contributed by atoms with E-state index in [-0.39, 0.29) is 5.91 Å². The van der Waals surface area contributed by atoms with Gasteiger partial charge < -0.3 is 4.90 Å². The number of hydrogen-bond donors (Lipinski definition) is 0. The number of carbonyl (C=O) groups excluding carboxylic acids is 1. The van der Waals surface area contributed by atoms with Gasteiger partial charge in [0.25, 0.3) is 5.91 Å². The average molecular weight is 471 g/mol. The van der Waals surface area contributed by atoms with E-state index in [4.69, 9.17) is 10.1 Å². The van der Waals surface area contributed by atoms with Crippen LogP contribution in [-0.4, -0.2) is 67.9 Å². The number of aryl methyl sites for hydroxylation is 2. The summed E-state index contributed by atoms with van der Waals surface area (Å²) in [7, 11) is 0. The summed E-state index contributed by atoms with van der Waals surface area (Å²) < 4.78 is 1.89. The van der Waals surface area contributed by atoms with Gasteiger partial charge in [-0.05, 0) is 50.6 Å². The summed E-state index contributed by atoms with van der Waals surface area (Å²) in [6, 6.07) is 2.04. The number of carbonyl (C=O) groups is 1. The van der Waals surface area contributed by atoms with E-state index >= 15 is 0 Å². The molecule has 0 unspecified atom stereocenters. The molecule has 2 aromatic heterocycles. The van der Waals surface area contributed by atoms with Gasteiger partial charge in [-0.1, -0.05) is 32.4 Å². The van der Waals surface area contributed by atoms with Gasteiger partial charge in [0.2, 0.25) is 0 Å². The highest BCUT2D eigenvalue weighted by atomic mass is 16.2. The molecular weight excluding hydrogens is 436 g/mol. The number of fused-ring (bicyclic) bond motifs is 2. The Labute approximate surface area is 207 Å². The molecule has 35 heavy (non-hydrogen) atoms. The molecule has 5 rings (SSSR count). The maximum atomic E-state index is 13.4. The van der Waals surface area contributed by atoms with E-state index in [1.165, 1.54) is 6.42 Å². The van der Waals surface area contributed by atoms with Gasteiger partial charge >= 0.3 is 0 Å². The largest absolute Gasteiger partial charge is 0.368 e. The van der Waals surface area contributed by atoms with Gasteiger partial charge in [-0.15, -0.1) is 0 Å². The van der Waals surface area contributed by atoms with Crippen LogP contribution in [0.1, 0.15) is 43.8 Å². The number of amides is 1. The fraction of sp³-hybridized carbons (Fsp3) is 0.393. The second kappa shape index (κ2) is 10.0. The van der Waals surface area contributed by atoms with Gasteiger partial charge in [-0.25, -0.2) is 4.52 Å². The van der Waals surface area contributed by atoms with Crippen LogP contribution < -0.4 is 0 Å². The smallest absolute Gasteiger partial charge is 0.255 e. The summed E-state index contributed by atoms with van der Waals surface area (Å²) in [6.07, 6.45) is 18.8. The Bertz CT molecular complexity index is 1270. The zero-order valence-corrected chi connectivity index (χ0v) is 20.9. The first kappa shape index (κ1) is 23.3. The normalized spacial score (nSPS) is 22.7. The molecule has 0 aromatic carbocycles. The molecule has 182 valence electrons. The Kier molecular flexibility index (Phi) is 6.68. The molecule has 0 spiro atoms. The minimum absolute atomic E-state index is 0.0674. The summed E-state index contributed by atoms with van der Waals surface area (Å²) in [5.74, 6) is -0.0674. The number of allylic oxidation sites excluding steroid dienone is 6. The lowest BCUT2D eigenvalue weighted by Gasteiger charge is -2.38. The number of aromatic nitrogens is 3. The first-order valence-electron chi connectivity index (χ1n) is 12.7. The van der Waals surface area contributed by atoms with Crippen molar-refractivity contribution in [3.8, 4) is 0 Å². The lowest BCUT2D eigenvalue weighted by Crippen LogP contribution is -2.46. The summed E-state index contributed by atoms with van der Waals surface area (Å²) >= 11 is 0. The second-order valence-electron chi connectivity index (χ2n) is 9.41. The van der Waals surface area contributed by atoms with Crippen molar-refractivity contribution in [3.05, 3.63) is 83.4 Å². The molecule has 3 aliphatic heterocycles. The van der Waals surface area contributed by atoms with Crippen molar-refractivity contribution >= 4 is 17.0 Å². The third-order valence-electron chi connectivity index (χ3n) is 6.74. The molecule has 0 bridgehead atoms. The van der Waals surface area contributed by atoms with Crippen LogP contribution in [-0.2, 0) is 11.2 Å². The third kappa shape index (κ3) is 4.86. The molecule has 0 saturated carbocycles. The Hall–Kier alpha value is -3.45. The lowest BCUT2D eigenvalue weighted by atomic mass is 10.1. The van der Waals surface area contributed by atoms with E-state index in [0.717, 1.165) is 85.1 Å². The van der Waals surface area contributed by atoms with E-state index in [2.05, 4.69) is 29.7 Å². The van der Waals surface area contributed by atoms with Crippen LogP contribution in [0.5, 0.6) is 0 Å². The highest BCUT2D eigenvalue weighted by Gasteiger charge is 2.23. The van der Waals surface area contributed by atoms with Gasteiger partial charge in [-0.2, -0.15) is 5.10 Å². The summed E-state index contributed by atoms with van der Waals surface area (Å²) in [4.78, 5) is 24.8. The maximum Gasteiger partial charge on any atom is 0.255 e. The molecule has 1 saturated heterocycles. The molecule has 1 amide bonds. The third-order valence-corrected chi connectivity index (χ3v) is 6.74. The Morgan fingerprint density at radius 3 is 2.57 bits per heavy atom. The van der Waals surface area contributed by atoms with Crippen molar-refractivity contribution < 1.29 is 4.79 Å². The standard InChI is InChI=1S/C28H34N6O/c1-4-7-25-27-18-26(30-34(27)19-21(3)29-25)22-8-6-9-23-10-11-24(20-33(23)28(35)17-22)32-15-13-31(12-5-2)14-16-32/h6,8-11,17-20H,4-5,7,12-16H2,1-3H3/b8-6+,22-17+,23-9+. The molecule has 3 aliphatic rings. The van der Waals surface area contributed by atoms with Crippen LogP contribution in [0.3, 0.4) is 0 Å². The van der Waals surface area contributed by atoms with Crippen molar-refractivity contribution in [1.29, 1.82) is 0 Å². The Morgan fingerprint density at radius 2 is 1.80 bits per heavy atom. The Balaban J connectivity index is 1.42. The van der Waals surface area contributed by atoms with E-state index in [9.17, 15) is 4.79 Å². The van der Waals surface area contributed by atoms with Crippen molar-refractivity contribution in [2.75, 3.05) is 32.7 Å². The molecule has 1 fully saturated rings. The van der Waals surface area contributed by atoms with Crippen molar-refractivity contribution in [2.24, 2.45) is 0 Å². The van der Waals surface area contributed by atoms with Gasteiger partial charge in [-0.3, -0.25) is 19.6 Å². The summed E-state index contributed by atoms with van der Waals surface area (Å²) in [5, 5.41) is 4.78. The van der Waals surface area contributed by atoms with Crippen molar-refractivity contribution in [3.63, 3.8) is 0 Å². The topological polar surface area (TPSA) is 57.0 Å². The SMILES string of the molecule is CCCc1nc(C)cn2nc(C3=C\C(=O)N4C=C(N5CCN(CCC)CC5)C=C\C4=C/C=C/3)cc12. The van der Waals surface area contributed by atoms with Gasteiger partial charge in [0.15, 0.2) is 0 Å². The van der Waals surface area contributed by atoms with Crippen LogP contribution in [0, 0.1) is 6.92 Å². The fourth-order valence-corrected chi connectivity index (χ4v) is 4.97. The number of piperazine rings is 1. The molecule has 5 heterocycles. The molecule has 7 heteroatoms. The summed E-state index contributed by atoms with van der Waals surface area (Å²) in [5.41, 5.74) is 6.52. The van der Waals surface area contributed by atoms with Crippen LogP contribution >= 0.6 is 0 Å². The van der Waals surface area contributed by atoms with Crippen LogP contribution in [0.4, 0.5) is 0 Å². The number of rotatable bonds is 6. The van der Waals surface area contributed by atoms with E-state index in [1.54, 1.807) is 11.0 Å². The zero-order valence-electron chi connectivity index (χ0n) is 20.9. The number of nitrogens with zero attached hydrogens (tertiary/aromatic N) is 6. The van der Waals surface area contributed by atoms with Gasteiger partial charge in [0.1, 0.15) is 0 Å². The molecule has 2 aromatic rings. The van der Waals surface area contributed by atoms with Gasteiger partial charge in [0.05, 0.1) is 34.5 Å². The monoisotopic (exact) mass is 470 g/mol. The van der Waals surface area contributed by atoms with E-state index in [1.807, 2.05) is 54.2 Å². The average Bonchev–Trinajstić information content (AvgIpc) is 3.27. The van der Waals surface area contributed by atoms with E-state index < -0.39 is 0 Å². The highest BCUT2D eigenvalue weighted by Crippen LogP contribution is 2.26. The second-order valence-corrected chi connectivity index (χ2v) is 9.41. The lowest BCUT2D eigenvalue weighted by molar-refractivity contribution is -0.122. The van der Waals surface area contributed by atoms with Crippen LogP contribution in [0.2, 0.25) is 0 Å². The molecule has 0 N–H and O–H groups in total. The quantitative estimate of drug-likeness (QED) is 0.636. The molecule has 7 nitrogen and oxygen atoms in total. The Morgan fingerprint density at radius 1 is 1.00 bits per heavy atom. The van der Waals surface area contributed by atoms with Crippen molar-refractivity contribution in [2.45, 2.75) is 40.0 Å². The minimum atomic E-state index is -0.0674. The zero-order chi connectivity index (χ0) is 24.4. The first-order chi connectivity index (χ1) is 17.1. The van der Waals surface area contributed by atoms with Crippen LogP contribution in [0.25, 0.3) is 11.1 Å². The predicted octanol–water partition coefficient (Wildman–Crippen LogP) is 4.09. The fourth-order valence-electron chi connectivity index (χ4n) is 4.97. The molecule has 0 atom stereocenters. The molecular formula is C28H34N6O. The van der Waals surface area contributed by atoms with Crippen molar-refractivity contribution in [1.82, 2.24) is 29.3 Å². The van der Waals surface area contributed by atoms with E-state index in [0.29, 0.717) is 0 Å². The maximum absolute atomic E-state index is 13.4. The molecule has 0 aliphatic carbocycles. The van der Waals surface area contributed by atoms with Crippen LogP contribution in [0.15, 0.2) is 66.3 Å². The highest BCUT2D eigenvalue weighted by molar-refractivity contribution is 5.99. The molecule has 0 radical (unpaired) electrons. The first-order valence-corrected chi connectivity index (χ1v) is 12.7. The minimum Gasteiger partial charge on any atom is -0.368 e.